The van der Waals surface area contributed by atoms with Crippen LogP contribution in [0, 0.1) is 0 Å². The van der Waals surface area contributed by atoms with Crippen LogP contribution in [0.2, 0.25) is 0 Å². The van der Waals surface area contributed by atoms with E-state index in [0.29, 0.717) is 6.54 Å². The maximum absolute atomic E-state index is 11.9. The lowest BCUT2D eigenvalue weighted by molar-refractivity contribution is -0.0327. The first kappa shape index (κ1) is 14.9. The largest absolute Gasteiger partial charge is 0.441 e. The fraction of sp³-hybridized carbons (Fsp3) is 0.455. The molecule has 0 heterocycles. The van der Waals surface area contributed by atoms with Crippen LogP contribution >= 0.6 is 27.7 Å². The van der Waals surface area contributed by atoms with Gasteiger partial charge >= 0.3 is 5.51 Å². The van der Waals surface area contributed by atoms with Gasteiger partial charge in [0, 0.05) is 22.8 Å². The van der Waals surface area contributed by atoms with E-state index in [9.17, 15) is 13.2 Å². The molecule has 1 aromatic rings. The molecule has 0 aliphatic carbocycles. The second-order valence-corrected chi connectivity index (χ2v) is 5.51. The molecule has 0 amide bonds. The summed E-state index contributed by atoms with van der Waals surface area (Å²) in [5.74, 6) is 0.0261. The Kier molecular flexibility index (Phi) is 5.82. The quantitative estimate of drug-likeness (QED) is 0.807. The van der Waals surface area contributed by atoms with Crippen molar-refractivity contribution in [2.75, 3.05) is 12.3 Å². The number of benzene rings is 1. The van der Waals surface area contributed by atoms with Crippen LogP contribution in [0.25, 0.3) is 0 Å². The second kappa shape index (κ2) is 6.66. The Hall–Kier alpha value is -0.200. The zero-order valence-electron chi connectivity index (χ0n) is 9.22. The fourth-order valence-corrected chi connectivity index (χ4v) is 2.46. The SMILES string of the molecule is C[C@@H](NCCSC(F)(F)F)c1ccccc1Br. The highest BCUT2D eigenvalue weighted by Gasteiger charge is 2.27. The Morgan fingerprint density at radius 1 is 1.35 bits per heavy atom. The second-order valence-electron chi connectivity index (χ2n) is 3.49. The summed E-state index contributed by atoms with van der Waals surface area (Å²) < 4.78 is 36.6. The van der Waals surface area contributed by atoms with Gasteiger partial charge in [0.25, 0.3) is 0 Å². The lowest BCUT2D eigenvalue weighted by Crippen LogP contribution is -2.22. The van der Waals surface area contributed by atoms with Gasteiger partial charge in [0.1, 0.15) is 0 Å². The van der Waals surface area contributed by atoms with Crippen LogP contribution in [0.4, 0.5) is 13.2 Å². The van der Waals surface area contributed by atoms with Crippen LogP contribution in [-0.2, 0) is 0 Å². The van der Waals surface area contributed by atoms with Gasteiger partial charge in [-0.15, -0.1) is 0 Å². The van der Waals surface area contributed by atoms with Crippen molar-refractivity contribution >= 4 is 27.7 Å². The summed E-state index contributed by atoms with van der Waals surface area (Å²) in [6.45, 7) is 2.25. The standard InChI is InChI=1S/C11H13BrF3NS/c1-8(9-4-2-3-5-10(9)12)16-6-7-17-11(13,14)15/h2-5,8,16H,6-7H2,1H3/t8-/m1/s1. The molecule has 1 rings (SSSR count). The monoisotopic (exact) mass is 327 g/mol. The van der Waals surface area contributed by atoms with Gasteiger partial charge in [-0.1, -0.05) is 34.1 Å². The Morgan fingerprint density at radius 3 is 2.59 bits per heavy atom. The fourth-order valence-electron chi connectivity index (χ4n) is 1.38. The van der Waals surface area contributed by atoms with Crippen molar-refractivity contribution in [3.63, 3.8) is 0 Å². The Balaban J connectivity index is 2.36. The number of hydrogen-bond acceptors (Lipinski definition) is 2. The average molecular weight is 328 g/mol. The van der Waals surface area contributed by atoms with Crippen molar-refractivity contribution in [3.8, 4) is 0 Å². The molecule has 1 aromatic carbocycles. The molecule has 1 nitrogen and oxygen atoms in total. The molecule has 0 radical (unpaired) electrons. The molecule has 1 atom stereocenters. The first-order valence-electron chi connectivity index (χ1n) is 5.08. The van der Waals surface area contributed by atoms with Crippen LogP contribution in [0.3, 0.4) is 0 Å². The minimum atomic E-state index is -4.14. The molecule has 96 valence electrons. The Bertz CT molecular complexity index is 357. The van der Waals surface area contributed by atoms with Gasteiger partial charge in [0.2, 0.25) is 0 Å². The van der Waals surface area contributed by atoms with Crippen molar-refractivity contribution in [2.24, 2.45) is 0 Å². The lowest BCUT2D eigenvalue weighted by atomic mass is 10.1. The van der Waals surface area contributed by atoms with Crippen LogP contribution < -0.4 is 5.32 Å². The number of rotatable bonds is 5. The third-order valence-corrected chi connectivity index (χ3v) is 3.65. The predicted molar refractivity (Wildman–Crippen MR) is 69.1 cm³/mol. The zero-order valence-corrected chi connectivity index (χ0v) is 11.6. The Morgan fingerprint density at radius 2 is 2.00 bits per heavy atom. The number of alkyl halides is 3. The molecule has 0 saturated carbocycles. The maximum atomic E-state index is 11.9. The predicted octanol–water partition coefficient (Wildman–Crippen LogP) is 4.35. The normalized spacial score (nSPS) is 13.7. The van der Waals surface area contributed by atoms with Gasteiger partial charge in [0.05, 0.1) is 0 Å². The first-order chi connectivity index (χ1) is 7.90. The number of thioether (sulfide) groups is 1. The van der Waals surface area contributed by atoms with Crippen LogP contribution in [-0.4, -0.2) is 17.8 Å². The molecule has 1 N–H and O–H groups in total. The van der Waals surface area contributed by atoms with Gasteiger partial charge in [-0.25, -0.2) is 0 Å². The minimum Gasteiger partial charge on any atom is -0.309 e. The third-order valence-electron chi connectivity index (χ3n) is 2.19. The van der Waals surface area contributed by atoms with E-state index >= 15 is 0 Å². The highest BCUT2D eigenvalue weighted by molar-refractivity contribution is 9.10. The van der Waals surface area contributed by atoms with E-state index in [4.69, 9.17) is 0 Å². The van der Waals surface area contributed by atoms with Crippen molar-refractivity contribution < 1.29 is 13.2 Å². The van der Waals surface area contributed by atoms with E-state index in [1.165, 1.54) is 0 Å². The van der Waals surface area contributed by atoms with Crippen molar-refractivity contribution in [2.45, 2.75) is 18.5 Å². The Labute approximate surface area is 111 Å². The van der Waals surface area contributed by atoms with E-state index in [0.717, 1.165) is 10.0 Å². The molecule has 0 spiro atoms. The topological polar surface area (TPSA) is 12.0 Å². The molecular formula is C11H13BrF3NS. The molecule has 6 heteroatoms. The molecule has 17 heavy (non-hydrogen) atoms. The van der Waals surface area contributed by atoms with E-state index in [-0.39, 0.29) is 23.6 Å². The van der Waals surface area contributed by atoms with E-state index in [1.54, 1.807) is 0 Å². The van der Waals surface area contributed by atoms with Gasteiger partial charge < -0.3 is 5.32 Å². The number of hydrogen-bond donors (Lipinski definition) is 1. The molecule has 0 aromatic heterocycles. The molecular weight excluding hydrogens is 315 g/mol. The van der Waals surface area contributed by atoms with Crippen molar-refractivity contribution in [1.29, 1.82) is 0 Å². The van der Waals surface area contributed by atoms with Crippen LogP contribution in [0.15, 0.2) is 28.7 Å². The summed E-state index contributed by atoms with van der Waals surface area (Å²) in [5.41, 5.74) is -3.09. The lowest BCUT2D eigenvalue weighted by Gasteiger charge is -2.15. The highest BCUT2D eigenvalue weighted by atomic mass is 79.9. The molecule has 0 aliphatic heterocycles. The van der Waals surface area contributed by atoms with Crippen molar-refractivity contribution in [3.05, 3.63) is 34.3 Å². The highest BCUT2D eigenvalue weighted by Crippen LogP contribution is 2.29. The third kappa shape index (κ3) is 5.79. The van der Waals surface area contributed by atoms with Gasteiger partial charge in [0.15, 0.2) is 0 Å². The molecule has 0 aliphatic rings. The molecule has 0 unspecified atom stereocenters. The summed E-state index contributed by atoms with van der Waals surface area (Å²) in [6.07, 6.45) is 0. The molecule has 0 bridgehead atoms. The van der Waals surface area contributed by atoms with Gasteiger partial charge in [-0.05, 0) is 30.3 Å². The molecule has 0 saturated heterocycles. The summed E-state index contributed by atoms with van der Waals surface area (Å²) in [7, 11) is 0. The van der Waals surface area contributed by atoms with Crippen LogP contribution in [0.5, 0.6) is 0 Å². The van der Waals surface area contributed by atoms with Gasteiger partial charge in [-0.3, -0.25) is 0 Å². The summed E-state index contributed by atoms with van der Waals surface area (Å²) in [5, 5.41) is 3.06. The molecule has 0 fully saturated rings. The maximum Gasteiger partial charge on any atom is 0.441 e. The zero-order chi connectivity index (χ0) is 12.9. The van der Waals surface area contributed by atoms with E-state index in [1.807, 2.05) is 31.2 Å². The first-order valence-corrected chi connectivity index (χ1v) is 6.86. The summed E-state index contributed by atoms with van der Waals surface area (Å²) in [4.78, 5) is 0. The number of nitrogens with one attached hydrogen (secondary N) is 1. The van der Waals surface area contributed by atoms with E-state index in [2.05, 4.69) is 21.2 Å². The smallest absolute Gasteiger partial charge is 0.309 e. The van der Waals surface area contributed by atoms with Gasteiger partial charge in [-0.2, -0.15) is 13.2 Å². The summed E-state index contributed by atoms with van der Waals surface area (Å²) >= 11 is 3.41. The van der Waals surface area contributed by atoms with E-state index < -0.39 is 5.51 Å². The number of halogens is 4. The van der Waals surface area contributed by atoms with Crippen LogP contribution in [0.1, 0.15) is 18.5 Å². The van der Waals surface area contributed by atoms with Crippen molar-refractivity contribution in [1.82, 2.24) is 5.32 Å². The minimum absolute atomic E-state index is 0.000726. The summed E-state index contributed by atoms with van der Waals surface area (Å²) in [6, 6.07) is 7.69. The average Bonchev–Trinajstić information content (AvgIpc) is 2.23.